The Morgan fingerprint density at radius 1 is 1.25 bits per heavy atom. The van der Waals surface area contributed by atoms with Crippen molar-refractivity contribution in [3.63, 3.8) is 0 Å². The van der Waals surface area contributed by atoms with Crippen LogP contribution in [0.2, 0.25) is 0 Å². The third-order valence-corrected chi connectivity index (χ3v) is 4.94. The summed E-state index contributed by atoms with van der Waals surface area (Å²) in [6, 6.07) is 8.78. The van der Waals surface area contributed by atoms with E-state index in [0.29, 0.717) is 12.0 Å². The van der Waals surface area contributed by atoms with E-state index in [1.54, 1.807) is 0 Å². The quantitative estimate of drug-likeness (QED) is 0.857. The molecular formula is C18H27NO. The summed E-state index contributed by atoms with van der Waals surface area (Å²) in [4.78, 5) is 0. The van der Waals surface area contributed by atoms with Gasteiger partial charge in [-0.2, -0.15) is 0 Å². The van der Waals surface area contributed by atoms with Crippen molar-refractivity contribution in [2.75, 3.05) is 11.9 Å². The zero-order chi connectivity index (χ0) is 14.0. The molecule has 2 fully saturated rings. The number of ether oxygens (including phenoxy) is 1. The molecule has 1 N–H and O–H groups in total. The number of nitrogens with one attached hydrogen (secondary N) is 1. The van der Waals surface area contributed by atoms with Crippen LogP contribution in [0.15, 0.2) is 24.3 Å². The minimum atomic E-state index is 0.256. The van der Waals surface area contributed by atoms with Gasteiger partial charge in [0, 0.05) is 12.2 Å². The van der Waals surface area contributed by atoms with Gasteiger partial charge >= 0.3 is 0 Å². The first-order valence-electron chi connectivity index (χ1n) is 8.19. The molecule has 110 valence electrons. The summed E-state index contributed by atoms with van der Waals surface area (Å²) in [6.45, 7) is 5.43. The summed E-state index contributed by atoms with van der Waals surface area (Å²) in [6.07, 6.45) is 8.17. The van der Waals surface area contributed by atoms with E-state index in [2.05, 4.69) is 43.4 Å². The summed E-state index contributed by atoms with van der Waals surface area (Å²) in [5.41, 5.74) is 2.88. The third kappa shape index (κ3) is 3.01. The van der Waals surface area contributed by atoms with Crippen LogP contribution in [0.1, 0.15) is 63.9 Å². The second-order valence-corrected chi connectivity index (χ2v) is 6.83. The van der Waals surface area contributed by atoms with Gasteiger partial charge in [-0.25, -0.2) is 0 Å². The van der Waals surface area contributed by atoms with Crippen molar-refractivity contribution < 1.29 is 4.74 Å². The summed E-state index contributed by atoms with van der Waals surface area (Å²) in [5.74, 6) is 0.584. The van der Waals surface area contributed by atoms with Gasteiger partial charge in [-0.1, -0.05) is 38.8 Å². The lowest BCUT2D eigenvalue weighted by molar-refractivity contribution is -0.0307. The molecule has 1 unspecified atom stereocenters. The highest BCUT2D eigenvalue weighted by Crippen LogP contribution is 2.43. The van der Waals surface area contributed by atoms with Crippen molar-refractivity contribution in [1.82, 2.24) is 0 Å². The predicted octanol–water partition coefficient (Wildman–Crippen LogP) is 4.71. The molecule has 1 saturated carbocycles. The van der Waals surface area contributed by atoms with Crippen LogP contribution in [0.3, 0.4) is 0 Å². The zero-order valence-electron chi connectivity index (χ0n) is 12.8. The molecule has 2 heteroatoms. The van der Waals surface area contributed by atoms with Gasteiger partial charge in [0.25, 0.3) is 0 Å². The Labute approximate surface area is 122 Å². The van der Waals surface area contributed by atoms with E-state index >= 15 is 0 Å². The van der Waals surface area contributed by atoms with E-state index in [4.69, 9.17) is 4.74 Å². The maximum Gasteiger partial charge on any atom is 0.0756 e. The average molecular weight is 273 g/mol. The largest absolute Gasteiger partial charge is 0.382 e. The van der Waals surface area contributed by atoms with Gasteiger partial charge in [0.15, 0.2) is 0 Å². The van der Waals surface area contributed by atoms with Crippen LogP contribution in [-0.2, 0) is 4.74 Å². The van der Waals surface area contributed by atoms with Crippen LogP contribution in [0.4, 0.5) is 5.69 Å². The minimum absolute atomic E-state index is 0.256. The molecule has 1 atom stereocenters. The second-order valence-electron chi connectivity index (χ2n) is 6.83. The highest BCUT2D eigenvalue weighted by molar-refractivity contribution is 5.46. The molecule has 2 nitrogen and oxygen atoms in total. The highest BCUT2D eigenvalue weighted by Gasteiger charge is 2.41. The summed E-state index contributed by atoms with van der Waals surface area (Å²) < 4.78 is 6.35. The van der Waals surface area contributed by atoms with Crippen molar-refractivity contribution in [3.8, 4) is 0 Å². The Morgan fingerprint density at radius 3 is 2.80 bits per heavy atom. The van der Waals surface area contributed by atoms with E-state index in [0.717, 1.165) is 6.54 Å². The summed E-state index contributed by atoms with van der Waals surface area (Å²) >= 11 is 0. The van der Waals surface area contributed by atoms with Crippen molar-refractivity contribution >= 4 is 5.69 Å². The van der Waals surface area contributed by atoms with Crippen LogP contribution in [-0.4, -0.2) is 18.2 Å². The Kier molecular flexibility index (Phi) is 4.02. The molecule has 0 radical (unpaired) electrons. The monoisotopic (exact) mass is 273 g/mol. The molecule has 3 rings (SSSR count). The van der Waals surface area contributed by atoms with E-state index in [1.807, 2.05) is 0 Å². The van der Waals surface area contributed by atoms with Gasteiger partial charge in [0.05, 0.1) is 11.7 Å². The number of hydrogen-bond donors (Lipinski definition) is 1. The average Bonchev–Trinajstić information content (AvgIpc) is 3.08. The molecule has 1 aliphatic carbocycles. The normalized spacial score (nSPS) is 24.6. The van der Waals surface area contributed by atoms with Gasteiger partial charge in [-0.15, -0.1) is 0 Å². The predicted molar refractivity (Wildman–Crippen MR) is 84.3 cm³/mol. The van der Waals surface area contributed by atoms with Crippen LogP contribution >= 0.6 is 0 Å². The Bertz CT molecular complexity index is 448. The van der Waals surface area contributed by atoms with Crippen LogP contribution in [0.25, 0.3) is 0 Å². The standard InChI is InChI=1S/C18H27NO/c1-14(2)15-6-5-7-16(12-15)19-13-17-8-11-18(20-17)9-3-4-10-18/h5-7,12,14,17,19H,3-4,8-11,13H2,1-2H3. The van der Waals surface area contributed by atoms with E-state index in [-0.39, 0.29) is 5.60 Å². The van der Waals surface area contributed by atoms with Gasteiger partial charge in [0.2, 0.25) is 0 Å². The molecule has 20 heavy (non-hydrogen) atoms. The fraction of sp³-hybridized carbons (Fsp3) is 0.667. The summed E-state index contributed by atoms with van der Waals surface area (Å²) in [5, 5.41) is 3.56. The molecule has 1 aromatic rings. The maximum atomic E-state index is 6.35. The van der Waals surface area contributed by atoms with Crippen LogP contribution in [0, 0.1) is 0 Å². The molecule has 1 heterocycles. The highest BCUT2D eigenvalue weighted by atomic mass is 16.5. The van der Waals surface area contributed by atoms with Crippen molar-refractivity contribution in [3.05, 3.63) is 29.8 Å². The molecule has 0 aromatic heterocycles. The molecule has 1 saturated heterocycles. The third-order valence-electron chi connectivity index (χ3n) is 4.94. The van der Waals surface area contributed by atoms with Gasteiger partial charge in [-0.05, 0) is 49.3 Å². The number of hydrogen-bond acceptors (Lipinski definition) is 2. The molecule has 0 amide bonds. The smallest absolute Gasteiger partial charge is 0.0756 e. The molecule has 2 aliphatic rings. The van der Waals surface area contributed by atoms with Gasteiger partial charge < -0.3 is 10.1 Å². The van der Waals surface area contributed by atoms with Crippen molar-refractivity contribution in [2.45, 2.75) is 70.0 Å². The number of anilines is 1. The first-order valence-corrected chi connectivity index (χ1v) is 8.19. The molecular weight excluding hydrogens is 246 g/mol. The lowest BCUT2D eigenvalue weighted by Gasteiger charge is -2.24. The SMILES string of the molecule is CC(C)c1cccc(NCC2CCC3(CCCC3)O2)c1. The lowest BCUT2D eigenvalue weighted by atomic mass is 9.98. The topological polar surface area (TPSA) is 21.3 Å². The minimum Gasteiger partial charge on any atom is -0.382 e. The van der Waals surface area contributed by atoms with Gasteiger partial charge in [0.1, 0.15) is 0 Å². The fourth-order valence-electron chi connectivity index (χ4n) is 3.67. The Morgan fingerprint density at radius 2 is 2.05 bits per heavy atom. The second kappa shape index (κ2) is 5.77. The Balaban J connectivity index is 1.54. The van der Waals surface area contributed by atoms with Gasteiger partial charge in [-0.3, -0.25) is 0 Å². The first kappa shape index (κ1) is 13.9. The fourth-order valence-corrected chi connectivity index (χ4v) is 3.67. The van der Waals surface area contributed by atoms with Crippen LogP contribution < -0.4 is 5.32 Å². The van der Waals surface area contributed by atoms with Crippen LogP contribution in [0.5, 0.6) is 0 Å². The van der Waals surface area contributed by atoms with E-state index < -0.39 is 0 Å². The molecule has 0 bridgehead atoms. The molecule has 1 aromatic carbocycles. The van der Waals surface area contributed by atoms with E-state index in [1.165, 1.54) is 49.8 Å². The zero-order valence-corrected chi connectivity index (χ0v) is 12.8. The van der Waals surface area contributed by atoms with E-state index in [9.17, 15) is 0 Å². The lowest BCUT2D eigenvalue weighted by Crippen LogP contribution is -2.27. The molecule has 1 aliphatic heterocycles. The maximum absolute atomic E-state index is 6.35. The number of rotatable bonds is 4. The number of benzene rings is 1. The molecule has 1 spiro atoms. The first-order chi connectivity index (χ1) is 9.67. The van der Waals surface area contributed by atoms with Crippen molar-refractivity contribution in [2.24, 2.45) is 0 Å². The Hall–Kier alpha value is -1.02. The van der Waals surface area contributed by atoms with Crippen molar-refractivity contribution in [1.29, 1.82) is 0 Å². The summed E-state index contributed by atoms with van der Waals surface area (Å²) in [7, 11) is 0.